The minimum atomic E-state index is -0.711. The van der Waals surface area contributed by atoms with Crippen molar-refractivity contribution in [2.75, 3.05) is 0 Å². The molecule has 0 heterocycles. The number of carbonyl (C=O) groups is 1. The van der Waals surface area contributed by atoms with Crippen molar-refractivity contribution < 1.29 is 18.8 Å². The number of aryl methyl sites for hydroxylation is 1. The van der Waals surface area contributed by atoms with Gasteiger partial charge in [-0.3, -0.25) is 14.9 Å². The average molecular weight is 317 g/mol. The molecule has 0 bridgehead atoms. The van der Waals surface area contributed by atoms with Gasteiger partial charge in [0, 0.05) is 12.5 Å². The highest BCUT2D eigenvalue weighted by atomic mass is 19.1. The summed E-state index contributed by atoms with van der Waals surface area (Å²) in [6.45, 7) is 1.60. The number of para-hydroxylation sites is 1. The van der Waals surface area contributed by atoms with Crippen molar-refractivity contribution in [1.29, 1.82) is 0 Å². The summed E-state index contributed by atoms with van der Waals surface area (Å²) in [6, 6.07) is 12.0. The lowest BCUT2D eigenvalue weighted by atomic mass is 10.1. The predicted octanol–water partition coefficient (Wildman–Crippen LogP) is 3.97. The molecule has 0 aliphatic rings. The van der Waals surface area contributed by atoms with Gasteiger partial charge in [0.1, 0.15) is 11.9 Å². The molecule has 0 aliphatic heterocycles. The average Bonchev–Trinajstić information content (AvgIpc) is 2.54. The van der Waals surface area contributed by atoms with E-state index >= 15 is 0 Å². The summed E-state index contributed by atoms with van der Waals surface area (Å²) in [5.74, 6) is -0.790. The van der Waals surface area contributed by atoms with E-state index in [1.54, 1.807) is 37.3 Å². The van der Waals surface area contributed by atoms with Crippen molar-refractivity contribution in [1.82, 2.24) is 0 Å². The maximum atomic E-state index is 12.8. The van der Waals surface area contributed by atoms with Gasteiger partial charge in [-0.25, -0.2) is 4.39 Å². The lowest BCUT2D eigenvalue weighted by Crippen LogP contribution is -2.11. The van der Waals surface area contributed by atoms with Crippen molar-refractivity contribution in [3.05, 3.63) is 75.6 Å². The Hall–Kier alpha value is -2.76. The van der Waals surface area contributed by atoms with Gasteiger partial charge in [0.25, 0.3) is 5.69 Å². The Morgan fingerprint density at radius 1 is 1.22 bits per heavy atom. The molecule has 0 saturated carbocycles. The Bertz CT molecular complexity index is 700. The fourth-order valence-corrected chi connectivity index (χ4v) is 2.21. The molecule has 0 saturated heterocycles. The lowest BCUT2D eigenvalue weighted by molar-refractivity contribution is -0.386. The van der Waals surface area contributed by atoms with Gasteiger partial charge < -0.3 is 4.74 Å². The molecule has 0 radical (unpaired) electrons. The van der Waals surface area contributed by atoms with Crippen molar-refractivity contribution in [3.8, 4) is 0 Å². The molecule has 2 aromatic rings. The van der Waals surface area contributed by atoms with Crippen molar-refractivity contribution >= 4 is 11.7 Å². The van der Waals surface area contributed by atoms with Crippen molar-refractivity contribution in [2.24, 2.45) is 0 Å². The summed E-state index contributed by atoms with van der Waals surface area (Å²) in [7, 11) is 0. The molecular formula is C17H16FNO4. The maximum Gasteiger partial charge on any atom is 0.306 e. The van der Waals surface area contributed by atoms with Gasteiger partial charge in [-0.1, -0.05) is 24.3 Å². The van der Waals surface area contributed by atoms with E-state index in [9.17, 15) is 19.3 Å². The Labute approximate surface area is 132 Å². The molecule has 2 rings (SSSR count). The summed E-state index contributed by atoms with van der Waals surface area (Å²) in [6.07, 6.45) is -0.170. The van der Waals surface area contributed by atoms with Gasteiger partial charge in [-0.15, -0.1) is 0 Å². The SMILES string of the molecule is CC(OC(=O)CCc1ccc(F)cc1)c1ccccc1[N+](=O)[O-]. The molecular weight excluding hydrogens is 301 g/mol. The molecule has 5 nitrogen and oxygen atoms in total. The number of nitro groups is 1. The summed E-state index contributed by atoms with van der Waals surface area (Å²) >= 11 is 0. The van der Waals surface area contributed by atoms with E-state index in [0.29, 0.717) is 12.0 Å². The van der Waals surface area contributed by atoms with Crippen LogP contribution in [0.5, 0.6) is 0 Å². The number of nitrogens with zero attached hydrogens (tertiary/aromatic N) is 1. The van der Waals surface area contributed by atoms with Crippen LogP contribution in [0.15, 0.2) is 48.5 Å². The number of halogens is 1. The standard InChI is InChI=1S/C17H16FNO4/c1-12(15-4-2-3-5-16(15)19(21)22)23-17(20)11-8-13-6-9-14(18)10-7-13/h2-7,9-10,12H,8,11H2,1H3. The summed E-state index contributed by atoms with van der Waals surface area (Å²) in [5, 5.41) is 11.0. The third-order valence-electron chi connectivity index (χ3n) is 3.41. The first-order valence-corrected chi connectivity index (χ1v) is 7.14. The third kappa shape index (κ3) is 4.60. The molecule has 0 aromatic heterocycles. The topological polar surface area (TPSA) is 69.4 Å². The van der Waals surface area contributed by atoms with E-state index in [-0.39, 0.29) is 17.9 Å². The minimum Gasteiger partial charge on any atom is -0.457 e. The van der Waals surface area contributed by atoms with Crippen LogP contribution in [-0.4, -0.2) is 10.9 Å². The van der Waals surface area contributed by atoms with E-state index < -0.39 is 17.0 Å². The number of hydrogen-bond acceptors (Lipinski definition) is 4. The van der Waals surface area contributed by atoms with Crippen LogP contribution in [0.1, 0.15) is 30.6 Å². The van der Waals surface area contributed by atoms with Crippen molar-refractivity contribution in [2.45, 2.75) is 25.9 Å². The molecule has 1 atom stereocenters. The van der Waals surface area contributed by atoms with Gasteiger partial charge in [0.05, 0.1) is 10.5 Å². The van der Waals surface area contributed by atoms with Gasteiger partial charge in [0.2, 0.25) is 0 Å². The number of nitro benzene ring substituents is 1. The van der Waals surface area contributed by atoms with Crippen LogP contribution in [-0.2, 0) is 16.0 Å². The Balaban J connectivity index is 1.95. The normalized spacial score (nSPS) is 11.7. The molecule has 0 aliphatic carbocycles. The Morgan fingerprint density at radius 3 is 2.52 bits per heavy atom. The van der Waals surface area contributed by atoms with Crippen LogP contribution in [0.25, 0.3) is 0 Å². The molecule has 0 amide bonds. The van der Waals surface area contributed by atoms with Crippen LogP contribution in [0.2, 0.25) is 0 Å². The first-order chi connectivity index (χ1) is 11.0. The molecule has 0 spiro atoms. The summed E-state index contributed by atoms with van der Waals surface area (Å²) < 4.78 is 18.1. The zero-order valence-corrected chi connectivity index (χ0v) is 12.6. The van der Waals surface area contributed by atoms with Gasteiger partial charge >= 0.3 is 5.97 Å². The van der Waals surface area contributed by atoms with E-state index in [1.165, 1.54) is 18.2 Å². The zero-order valence-electron chi connectivity index (χ0n) is 12.6. The number of rotatable bonds is 6. The summed E-state index contributed by atoms with van der Waals surface area (Å²) in [4.78, 5) is 22.4. The van der Waals surface area contributed by atoms with Crippen LogP contribution in [0.4, 0.5) is 10.1 Å². The molecule has 2 aromatic carbocycles. The largest absolute Gasteiger partial charge is 0.457 e. The highest BCUT2D eigenvalue weighted by molar-refractivity contribution is 5.70. The second-order valence-corrected chi connectivity index (χ2v) is 5.07. The smallest absolute Gasteiger partial charge is 0.306 e. The lowest BCUT2D eigenvalue weighted by Gasteiger charge is -2.13. The molecule has 1 unspecified atom stereocenters. The number of hydrogen-bond donors (Lipinski definition) is 0. The van der Waals surface area contributed by atoms with E-state index in [0.717, 1.165) is 5.56 Å². The third-order valence-corrected chi connectivity index (χ3v) is 3.41. The molecule has 0 N–H and O–H groups in total. The zero-order chi connectivity index (χ0) is 16.8. The van der Waals surface area contributed by atoms with Crippen LogP contribution < -0.4 is 0 Å². The Morgan fingerprint density at radius 2 is 1.87 bits per heavy atom. The fraction of sp³-hybridized carbons (Fsp3) is 0.235. The Kier molecular flexibility index (Phi) is 5.41. The first kappa shape index (κ1) is 16.6. The van der Waals surface area contributed by atoms with E-state index in [1.807, 2.05) is 0 Å². The maximum absolute atomic E-state index is 12.8. The van der Waals surface area contributed by atoms with E-state index in [4.69, 9.17) is 4.74 Å². The second kappa shape index (κ2) is 7.49. The highest BCUT2D eigenvalue weighted by Gasteiger charge is 2.21. The minimum absolute atomic E-state index is 0.0775. The predicted molar refractivity (Wildman–Crippen MR) is 82.3 cm³/mol. The molecule has 23 heavy (non-hydrogen) atoms. The monoisotopic (exact) mass is 317 g/mol. The van der Waals surface area contributed by atoms with Crippen molar-refractivity contribution in [3.63, 3.8) is 0 Å². The van der Waals surface area contributed by atoms with Crippen LogP contribution >= 0.6 is 0 Å². The number of ether oxygens (including phenoxy) is 1. The van der Waals surface area contributed by atoms with Gasteiger partial charge in [0.15, 0.2) is 0 Å². The van der Waals surface area contributed by atoms with Gasteiger partial charge in [-0.05, 0) is 37.1 Å². The van der Waals surface area contributed by atoms with Crippen LogP contribution in [0, 0.1) is 15.9 Å². The number of benzene rings is 2. The number of carbonyl (C=O) groups excluding carboxylic acids is 1. The second-order valence-electron chi connectivity index (χ2n) is 5.07. The summed E-state index contributed by atoms with van der Waals surface area (Å²) in [5.41, 5.74) is 1.10. The van der Waals surface area contributed by atoms with Gasteiger partial charge in [-0.2, -0.15) is 0 Å². The first-order valence-electron chi connectivity index (χ1n) is 7.14. The van der Waals surface area contributed by atoms with Crippen LogP contribution in [0.3, 0.4) is 0 Å². The molecule has 6 heteroatoms. The number of esters is 1. The fourth-order valence-electron chi connectivity index (χ4n) is 2.21. The molecule has 120 valence electrons. The molecule has 0 fully saturated rings. The highest BCUT2D eigenvalue weighted by Crippen LogP contribution is 2.27. The quantitative estimate of drug-likeness (QED) is 0.459. The van der Waals surface area contributed by atoms with E-state index in [2.05, 4.69) is 0 Å².